The van der Waals surface area contributed by atoms with Crippen LogP contribution in [0.4, 0.5) is 0 Å². The van der Waals surface area contributed by atoms with E-state index >= 15 is 0 Å². The average Bonchev–Trinajstić information content (AvgIpc) is 2.97. The van der Waals surface area contributed by atoms with E-state index in [2.05, 4.69) is 18.7 Å². The van der Waals surface area contributed by atoms with Crippen molar-refractivity contribution in [2.75, 3.05) is 46.1 Å². The number of halogens is 1. The van der Waals surface area contributed by atoms with Crippen molar-refractivity contribution in [1.29, 1.82) is 0 Å². The molecule has 3 aromatic carbocycles. The minimum absolute atomic E-state index is 0.403. The van der Waals surface area contributed by atoms with Crippen LogP contribution in [0.25, 0.3) is 0 Å². The van der Waals surface area contributed by atoms with Crippen LogP contribution in [0.5, 0.6) is 5.75 Å². The molecule has 0 aromatic heterocycles. The molecule has 0 radical (unpaired) electrons. The summed E-state index contributed by atoms with van der Waals surface area (Å²) in [6.45, 7) is 8.75. The van der Waals surface area contributed by atoms with Gasteiger partial charge in [0.15, 0.2) is 0 Å². The quantitative estimate of drug-likeness (QED) is 0.218. The number of aliphatic hydroxyl groups is 4. The van der Waals surface area contributed by atoms with Crippen LogP contribution in [-0.2, 0) is 12.0 Å². The summed E-state index contributed by atoms with van der Waals surface area (Å²) in [6.07, 6.45) is 0.454. The number of ether oxygens (including phenoxy) is 1. The molecule has 0 aliphatic heterocycles. The first-order valence-electron chi connectivity index (χ1n) is 13.2. The van der Waals surface area contributed by atoms with Gasteiger partial charge in [-0.15, -0.1) is 0 Å². The average molecular weight is 559 g/mol. The number of nitrogens with two attached hydrogens (primary N) is 1. The van der Waals surface area contributed by atoms with Gasteiger partial charge in [-0.3, -0.25) is 0 Å². The second kappa shape index (κ2) is 15.9. The molecule has 6 N–H and O–H groups in total. The van der Waals surface area contributed by atoms with Crippen LogP contribution in [0.1, 0.15) is 36.1 Å². The minimum Gasteiger partial charge on any atom is -0.492 e. The molecule has 7 nitrogen and oxygen atoms in total. The zero-order valence-corrected chi connectivity index (χ0v) is 23.9. The van der Waals surface area contributed by atoms with Crippen LogP contribution in [0.2, 0.25) is 5.02 Å². The lowest BCUT2D eigenvalue weighted by atomic mass is 9.81. The molecule has 0 saturated heterocycles. The van der Waals surface area contributed by atoms with Crippen LogP contribution in [0, 0.1) is 6.92 Å². The van der Waals surface area contributed by atoms with Crippen molar-refractivity contribution in [1.82, 2.24) is 4.90 Å². The fraction of sp³-hybridized carbons (Fsp3) is 0.419. The number of hydrogen-bond donors (Lipinski definition) is 5. The monoisotopic (exact) mass is 558 g/mol. The SMILES string of the molecule is CCN(CC)CCOc1ccc(C(O)(Cc2ccc(Cl)cc2)c2ccc(C)cc2)cc1.NC(CO)(CO)CO. The van der Waals surface area contributed by atoms with Crippen molar-refractivity contribution in [3.05, 3.63) is 100 Å². The van der Waals surface area contributed by atoms with Crippen molar-refractivity contribution in [2.45, 2.75) is 38.3 Å². The Morgan fingerprint density at radius 3 is 1.72 bits per heavy atom. The molecule has 39 heavy (non-hydrogen) atoms. The van der Waals surface area contributed by atoms with Gasteiger partial charge < -0.3 is 35.8 Å². The number of rotatable bonds is 13. The highest BCUT2D eigenvalue weighted by Crippen LogP contribution is 2.34. The summed E-state index contributed by atoms with van der Waals surface area (Å²) in [5.74, 6) is 0.814. The summed E-state index contributed by atoms with van der Waals surface area (Å²) >= 11 is 6.05. The van der Waals surface area contributed by atoms with Crippen LogP contribution >= 0.6 is 11.6 Å². The van der Waals surface area contributed by atoms with Crippen molar-refractivity contribution in [2.24, 2.45) is 5.73 Å². The predicted octanol–water partition coefficient (Wildman–Crippen LogP) is 3.51. The third kappa shape index (κ3) is 9.89. The molecule has 0 amide bonds. The Bertz CT molecular complexity index is 1080. The molecule has 214 valence electrons. The Kier molecular flexibility index (Phi) is 13.4. The van der Waals surface area contributed by atoms with E-state index < -0.39 is 31.0 Å². The molecule has 0 aliphatic rings. The van der Waals surface area contributed by atoms with Gasteiger partial charge in [0.2, 0.25) is 0 Å². The fourth-order valence-corrected chi connectivity index (χ4v) is 4.03. The molecular formula is C31H43ClN2O5. The van der Waals surface area contributed by atoms with E-state index in [0.29, 0.717) is 18.1 Å². The van der Waals surface area contributed by atoms with Gasteiger partial charge >= 0.3 is 0 Å². The third-order valence-electron chi connectivity index (χ3n) is 6.75. The van der Waals surface area contributed by atoms with Crippen LogP contribution in [0.15, 0.2) is 72.8 Å². The summed E-state index contributed by atoms with van der Waals surface area (Å²) in [6, 6.07) is 23.5. The van der Waals surface area contributed by atoms with Gasteiger partial charge in [-0.2, -0.15) is 0 Å². The summed E-state index contributed by atoms with van der Waals surface area (Å²) in [5, 5.41) is 37.6. The topological polar surface area (TPSA) is 119 Å². The maximum Gasteiger partial charge on any atom is 0.119 e. The summed E-state index contributed by atoms with van der Waals surface area (Å²) in [7, 11) is 0. The molecule has 8 heteroatoms. The number of likely N-dealkylation sites (N-methyl/N-ethyl adjacent to an activating group) is 1. The molecule has 0 saturated carbocycles. The van der Waals surface area contributed by atoms with Gasteiger partial charge in [0.05, 0.1) is 25.4 Å². The molecule has 3 rings (SSSR count). The number of nitrogens with zero attached hydrogens (tertiary/aromatic N) is 1. The summed E-state index contributed by atoms with van der Waals surface area (Å²) in [5.41, 5.74) is 6.67. The highest BCUT2D eigenvalue weighted by molar-refractivity contribution is 6.30. The van der Waals surface area contributed by atoms with E-state index in [1.165, 1.54) is 0 Å². The molecule has 0 heterocycles. The summed E-state index contributed by atoms with van der Waals surface area (Å²) < 4.78 is 5.92. The number of aryl methyl sites for hydroxylation is 1. The molecule has 0 aliphatic carbocycles. The zero-order chi connectivity index (χ0) is 28.9. The second-order valence-electron chi connectivity index (χ2n) is 9.77. The van der Waals surface area contributed by atoms with Gasteiger partial charge in [0.1, 0.15) is 18.0 Å². The Labute approximate surface area is 237 Å². The first-order chi connectivity index (χ1) is 18.6. The molecule has 0 spiro atoms. The van der Waals surface area contributed by atoms with Gasteiger partial charge in [-0.25, -0.2) is 0 Å². The van der Waals surface area contributed by atoms with Gasteiger partial charge in [0.25, 0.3) is 0 Å². The first-order valence-corrected chi connectivity index (χ1v) is 13.6. The van der Waals surface area contributed by atoms with Crippen LogP contribution in [-0.4, -0.2) is 76.9 Å². The Balaban J connectivity index is 0.000000580. The standard InChI is InChI=1S/C27H32ClNO2.C4H11NO3/c1-4-29(5-2)18-19-31-26-16-12-24(13-17-26)27(30,23-10-6-21(3)7-11-23)20-22-8-14-25(28)15-9-22;5-4(1-6,2-7)3-8/h6-17,30H,4-5,18-20H2,1-3H3;6-8H,1-3,5H2. The maximum atomic E-state index is 11.9. The lowest BCUT2D eigenvalue weighted by molar-refractivity contribution is 0.0697. The molecule has 1 unspecified atom stereocenters. The predicted molar refractivity (Wildman–Crippen MR) is 157 cm³/mol. The van der Waals surface area contributed by atoms with E-state index in [1.807, 2.05) is 79.7 Å². The lowest BCUT2D eigenvalue weighted by Crippen LogP contribution is -2.50. The van der Waals surface area contributed by atoms with E-state index in [0.717, 1.165) is 47.6 Å². The number of benzene rings is 3. The number of aliphatic hydroxyl groups excluding tert-OH is 3. The van der Waals surface area contributed by atoms with Crippen molar-refractivity contribution >= 4 is 11.6 Å². The second-order valence-corrected chi connectivity index (χ2v) is 10.2. The minimum atomic E-state index is -1.21. The van der Waals surface area contributed by atoms with Crippen LogP contribution < -0.4 is 10.5 Å². The van der Waals surface area contributed by atoms with E-state index in [4.69, 9.17) is 37.4 Å². The zero-order valence-electron chi connectivity index (χ0n) is 23.2. The normalized spacial score (nSPS) is 13.0. The lowest BCUT2D eigenvalue weighted by Gasteiger charge is -2.30. The highest BCUT2D eigenvalue weighted by Gasteiger charge is 2.32. The first kappa shape index (κ1) is 32.7. The van der Waals surface area contributed by atoms with Gasteiger partial charge in [-0.1, -0.05) is 79.5 Å². The van der Waals surface area contributed by atoms with Crippen molar-refractivity contribution < 1.29 is 25.2 Å². The number of hydrogen-bond acceptors (Lipinski definition) is 7. The van der Waals surface area contributed by atoms with Gasteiger partial charge in [0, 0.05) is 18.0 Å². The van der Waals surface area contributed by atoms with Crippen molar-refractivity contribution in [3.63, 3.8) is 0 Å². The van der Waals surface area contributed by atoms with Crippen molar-refractivity contribution in [3.8, 4) is 5.75 Å². The Morgan fingerprint density at radius 2 is 1.28 bits per heavy atom. The molecular weight excluding hydrogens is 516 g/mol. The highest BCUT2D eigenvalue weighted by atomic mass is 35.5. The smallest absolute Gasteiger partial charge is 0.119 e. The largest absolute Gasteiger partial charge is 0.492 e. The summed E-state index contributed by atoms with van der Waals surface area (Å²) in [4.78, 5) is 2.33. The van der Waals surface area contributed by atoms with E-state index in [-0.39, 0.29) is 0 Å². The molecule has 0 fully saturated rings. The van der Waals surface area contributed by atoms with E-state index in [1.54, 1.807) is 0 Å². The van der Waals surface area contributed by atoms with Crippen LogP contribution in [0.3, 0.4) is 0 Å². The Hall–Kier alpha value is -2.49. The molecule has 1 atom stereocenters. The van der Waals surface area contributed by atoms with Gasteiger partial charge in [-0.05, 0) is 61.0 Å². The molecule has 3 aromatic rings. The maximum absolute atomic E-state index is 11.9. The fourth-order valence-electron chi connectivity index (χ4n) is 3.91. The Morgan fingerprint density at radius 1 is 0.795 bits per heavy atom. The molecule has 0 bridgehead atoms. The van der Waals surface area contributed by atoms with E-state index in [9.17, 15) is 5.11 Å². The third-order valence-corrected chi connectivity index (χ3v) is 7.00.